The number of furan rings is 1. The van der Waals surface area contributed by atoms with Crippen molar-refractivity contribution in [1.82, 2.24) is 9.21 Å². The smallest absolute Gasteiger partial charge is 0.244 e. The second-order valence-electron chi connectivity index (χ2n) is 5.92. The Kier molecular flexibility index (Phi) is 5.92. The summed E-state index contributed by atoms with van der Waals surface area (Å²) < 4.78 is 32.1. The molecule has 6 nitrogen and oxygen atoms in total. The number of hydrogen-bond acceptors (Lipinski definition) is 4. The van der Waals surface area contributed by atoms with Gasteiger partial charge in [-0.25, -0.2) is 8.42 Å². The monoisotopic (exact) mass is 416 g/mol. The maximum Gasteiger partial charge on any atom is 0.244 e. The Bertz CT molecular complexity index is 876. The number of sulfonamides is 1. The van der Waals surface area contributed by atoms with Crippen molar-refractivity contribution >= 4 is 39.1 Å². The van der Waals surface area contributed by atoms with Crippen LogP contribution in [-0.2, 0) is 21.2 Å². The number of carbonyl (C=O) groups is 1. The standard InChI is InChI=1S/C17H18Cl2N2O4S/c18-14-4-1-5-15(17(14)19)26(23,24)21-10-8-20(9-11-21)16(22)7-6-13-3-2-12-25-13/h1-5,12H,6-11H2. The van der Waals surface area contributed by atoms with E-state index in [1.54, 1.807) is 29.4 Å². The van der Waals surface area contributed by atoms with Crippen LogP contribution in [-0.4, -0.2) is 49.7 Å². The number of rotatable bonds is 5. The minimum absolute atomic E-state index is 0.00994. The van der Waals surface area contributed by atoms with Gasteiger partial charge in [-0.3, -0.25) is 4.79 Å². The first kappa shape index (κ1) is 19.2. The van der Waals surface area contributed by atoms with Gasteiger partial charge in [0.1, 0.15) is 10.7 Å². The molecule has 1 aliphatic heterocycles. The van der Waals surface area contributed by atoms with Crippen LogP contribution in [0.3, 0.4) is 0 Å². The quantitative estimate of drug-likeness (QED) is 0.750. The van der Waals surface area contributed by atoms with E-state index in [-0.39, 0.29) is 33.9 Å². The first-order valence-corrected chi connectivity index (χ1v) is 10.3. The molecule has 1 aliphatic rings. The molecule has 9 heteroatoms. The lowest BCUT2D eigenvalue weighted by Gasteiger charge is -2.34. The minimum Gasteiger partial charge on any atom is -0.469 e. The van der Waals surface area contributed by atoms with Crippen molar-refractivity contribution < 1.29 is 17.6 Å². The second kappa shape index (κ2) is 8.00. The Labute approximate surface area is 162 Å². The predicted molar refractivity (Wildman–Crippen MR) is 98.8 cm³/mol. The third kappa shape index (κ3) is 4.06. The van der Waals surface area contributed by atoms with E-state index in [1.807, 2.05) is 6.07 Å². The summed E-state index contributed by atoms with van der Waals surface area (Å²) in [6.45, 7) is 1.12. The van der Waals surface area contributed by atoms with Crippen molar-refractivity contribution in [2.45, 2.75) is 17.7 Å². The van der Waals surface area contributed by atoms with Crippen LogP contribution < -0.4 is 0 Å². The van der Waals surface area contributed by atoms with Gasteiger partial charge in [-0.2, -0.15) is 4.31 Å². The molecule has 1 saturated heterocycles. The molecule has 1 fully saturated rings. The zero-order valence-electron chi connectivity index (χ0n) is 13.9. The Balaban J connectivity index is 1.60. The summed E-state index contributed by atoms with van der Waals surface area (Å²) in [5.41, 5.74) is 0. The molecule has 0 aliphatic carbocycles. The highest BCUT2D eigenvalue weighted by atomic mass is 35.5. The number of amides is 1. The predicted octanol–water partition coefficient (Wildman–Crippen LogP) is 3.05. The molecule has 1 aromatic carbocycles. The van der Waals surface area contributed by atoms with E-state index in [0.717, 1.165) is 5.76 Å². The maximum atomic E-state index is 12.8. The van der Waals surface area contributed by atoms with Crippen molar-refractivity contribution in [2.24, 2.45) is 0 Å². The SMILES string of the molecule is O=C(CCc1ccco1)N1CCN(S(=O)(=O)c2cccc(Cl)c2Cl)CC1. The van der Waals surface area contributed by atoms with Crippen LogP contribution >= 0.6 is 23.2 Å². The van der Waals surface area contributed by atoms with Crippen LogP contribution in [0, 0.1) is 0 Å². The van der Waals surface area contributed by atoms with Crippen LogP contribution in [0.2, 0.25) is 10.0 Å². The lowest BCUT2D eigenvalue weighted by atomic mass is 10.2. The normalized spacial score (nSPS) is 16.0. The number of piperazine rings is 1. The molecular formula is C17H18Cl2N2O4S. The van der Waals surface area contributed by atoms with E-state index in [4.69, 9.17) is 27.6 Å². The van der Waals surface area contributed by atoms with Gasteiger partial charge in [-0.05, 0) is 24.3 Å². The van der Waals surface area contributed by atoms with Gasteiger partial charge in [-0.15, -0.1) is 0 Å². The number of benzene rings is 1. The fourth-order valence-electron chi connectivity index (χ4n) is 2.84. The molecule has 0 bridgehead atoms. The summed E-state index contributed by atoms with van der Waals surface area (Å²) in [7, 11) is -3.75. The average molecular weight is 417 g/mol. The Morgan fingerprint density at radius 2 is 1.81 bits per heavy atom. The van der Waals surface area contributed by atoms with Crippen molar-refractivity contribution in [2.75, 3.05) is 26.2 Å². The summed E-state index contributed by atoms with van der Waals surface area (Å²) in [6.07, 6.45) is 2.44. The lowest BCUT2D eigenvalue weighted by molar-refractivity contribution is -0.132. The first-order chi connectivity index (χ1) is 12.4. The molecule has 0 radical (unpaired) electrons. The number of hydrogen-bond donors (Lipinski definition) is 0. The third-order valence-corrected chi connectivity index (χ3v) is 7.16. The average Bonchev–Trinajstić information content (AvgIpc) is 3.15. The van der Waals surface area contributed by atoms with Gasteiger partial charge in [0, 0.05) is 39.0 Å². The molecule has 26 heavy (non-hydrogen) atoms. The second-order valence-corrected chi connectivity index (χ2v) is 8.61. The minimum atomic E-state index is -3.75. The van der Waals surface area contributed by atoms with Gasteiger partial charge in [0.2, 0.25) is 15.9 Å². The van der Waals surface area contributed by atoms with Gasteiger partial charge < -0.3 is 9.32 Å². The van der Waals surface area contributed by atoms with Crippen molar-refractivity contribution in [1.29, 1.82) is 0 Å². The van der Waals surface area contributed by atoms with E-state index < -0.39 is 10.0 Å². The van der Waals surface area contributed by atoms with Crippen molar-refractivity contribution in [3.63, 3.8) is 0 Å². The molecule has 2 aromatic rings. The molecule has 0 atom stereocenters. The molecule has 3 rings (SSSR count). The highest BCUT2D eigenvalue weighted by molar-refractivity contribution is 7.89. The largest absolute Gasteiger partial charge is 0.469 e. The third-order valence-electron chi connectivity index (χ3n) is 4.29. The van der Waals surface area contributed by atoms with Crippen LogP contribution in [0.15, 0.2) is 45.9 Å². The van der Waals surface area contributed by atoms with E-state index >= 15 is 0 Å². The molecule has 1 aromatic heterocycles. The lowest BCUT2D eigenvalue weighted by Crippen LogP contribution is -2.50. The number of halogens is 2. The highest BCUT2D eigenvalue weighted by Gasteiger charge is 2.31. The Morgan fingerprint density at radius 3 is 2.46 bits per heavy atom. The number of nitrogens with zero attached hydrogens (tertiary/aromatic N) is 2. The van der Waals surface area contributed by atoms with Gasteiger partial charge in [-0.1, -0.05) is 29.3 Å². The zero-order valence-corrected chi connectivity index (χ0v) is 16.2. The molecule has 140 valence electrons. The summed E-state index contributed by atoms with van der Waals surface area (Å²) in [4.78, 5) is 14.0. The molecule has 0 spiro atoms. The van der Waals surface area contributed by atoms with Gasteiger partial charge in [0.15, 0.2) is 0 Å². The summed E-state index contributed by atoms with van der Waals surface area (Å²) in [5, 5.41) is 0.214. The van der Waals surface area contributed by atoms with Gasteiger partial charge in [0.05, 0.1) is 16.3 Å². The first-order valence-electron chi connectivity index (χ1n) is 8.14. The number of aryl methyl sites for hydroxylation is 1. The molecule has 1 amide bonds. The summed E-state index contributed by atoms with van der Waals surface area (Å²) >= 11 is 12.0. The van der Waals surface area contributed by atoms with Crippen LogP contribution in [0.5, 0.6) is 0 Å². The van der Waals surface area contributed by atoms with Crippen molar-refractivity contribution in [3.8, 4) is 0 Å². The Hall–Kier alpha value is -1.54. The van der Waals surface area contributed by atoms with Crippen LogP contribution in [0.25, 0.3) is 0 Å². The summed E-state index contributed by atoms with van der Waals surface area (Å²) in [5.74, 6) is 0.745. The van der Waals surface area contributed by atoms with E-state index in [1.165, 1.54) is 10.4 Å². The van der Waals surface area contributed by atoms with E-state index in [2.05, 4.69) is 0 Å². The van der Waals surface area contributed by atoms with Crippen molar-refractivity contribution in [3.05, 3.63) is 52.4 Å². The molecule has 2 heterocycles. The van der Waals surface area contributed by atoms with Gasteiger partial charge >= 0.3 is 0 Å². The fourth-order valence-corrected chi connectivity index (χ4v) is 5.00. The highest BCUT2D eigenvalue weighted by Crippen LogP contribution is 2.31. The fraction of sp³-hybridized carbons (Fsp3) is 0.353. The molecular weight excluding hydrogens is 399 g/mol. The Morgan fingerprint density at radius 1 is 1.08 bits per heavy atom. The van der Waals surface area contributed by atoms with E-state index in [0.29, 0.717) is 25.9 Å². The molecule has 0 unspecified atom stereocenters. The summed E-state index contributed by atoms with van der Waals surface area (Å²) in [6, 6.07) is 8.13. The zero-order chi connectivity index (χ0) is 18.7. The molecule has 0 N–H and O–H groups in total. The topological polar surface area (TPSA) is 70.8 Å². The molecule has 0 saturated carbocycles. The van der Waals surface area contributed by atoms with E-state index in [9.17, 15) is 13.2 Å². The van der Waals surface area contributed by atoms with Gasteiger partial charge in [0.25, 0.3) is 0 Å². The van der Waals surface area contributed by atoms with Crippen LogP contribution in [0.1, 0.15) is 12.2 Å². The maximum absolute atomic E-state index is 12.8. The number of carbonyl (C=O) groups excluding carboxylic acids is 1. The van der Waals surface area contributed by atoms with Crippen LogP contribution in [0.4, 0.5) is 0 Å².